The van der Waals surface area contributed by atoms with Gasteiger partial charge in [-0.3, -0.25) is 0 Å². The number of hydrogen-bond acceptors (Lipinski definition) is 1. The molecule has 2 aliphatic carbocycles. The van der Waals surface area contributed by atoms with Gasteiger partial charge in [-0.1, -0.05) is 51.9 Å². The maximum absolute atomic E-state index is 10.2. The second-order valence-electron chi connectivity index (χ2n) is 6.51. The largest absolute Gasteiger partial charge is 0.393 e. The molecule has 0 aromatic heterocycles. The zero-order valence-corrected chi connectivity index (χ0v) is 11.5. The molecular formula is C16H30O. The van der Waals surface area contributed by atoms with E-state index in [-0.39, 0.29) is 6.10 Å². The molecule has 0 radical (unpaired) electrons. The van der Waals surface area contributed by atoms with Gasteiger partial charge in [-0.25, -0.2) is 0 Å². The molecular weight excluding hydrogens is 208 g/mol. The van der Waals surface area contributed by atoms with Crippen molar-refractivity contribution in [1.82, 2.24) is 0 Å². The Hall–Kier alpha value is -0.0400. The second kappa shape index (κ2) is 6.78. The van der Waals surface area contributed by atoms with Gasteiger partial charge in [0.2, 0.25) is 0 Å². The summed E-state index contributed by atoms with van der Waals surface area (Å²) in [6.45, 7) is 2.28. The van der Waals surface area contributed by atoms with Gasteiger partial charge in [0.05, 0.1) is 6.10 Å². The summed E-state index contributed by atoms with van der Waals surface area (Å²) in [5, 5.41) is 10.2. The van der Waals surface area contributed by atoms with Gasteiger partial charge in [-0.05, 0) is 43.4 Å². The van der Waals surface area contributed by atoms with E-state index in [0.717, 1.165) is 18.3 Å². The van der Waals surface area contributed by atoms with E-state index in [4.69, 9.17) is 0 Å². The van der Waals surface area contributed by atoms with Crippen LogP contribution in [0.5, 0.6) is 0 Å². The molecule has 0 bridgehead atoms. The Morgan fingerprint density at radius 3 is 2.12 bits per heavy atom. The average Bonchev–Trinajstić information content (AvgIpc) is 3.18. The quantitative estimate of drug-likeness (QED) is 0.690. The molecule has 0 aromatic carbocycles. The minimum atomic E-state index is 0.0164. The third-order valence-electron chi connectivity index (χ3n) is 4.97. The molecule has 0 aromatic rings. The summed E-state index contributed by atoms with van der Waals surface area (Å²) < 4.78 is 0. The van der Waals surface area contributed by atoms with E-state index < -0.39 is 0 Å². The monoisotopic (exact) mass is 238 g/mol. The predicted octanol–water partition coefficient (Wildman–Crippen LogP) is 4.53. The summed E-state index contributed by atoms with van der Waals surface area (Å²) in [4.78, 5) is 0. The van der Waals surface area contributed by atoms with Crippen LogP contribution in [0.1, 0.15) is 77.6 Å². The molecule has 2 aliphatic rings. The number of hydrogen-bond donors (Lipinski definition) is 1. The molecule has 2 fully saturated rings. The lowest BCUT2D eigenvalue weighted by molar-refractivity contribution is 0.0628. The predicted molar refractivity (Wildman–Crippen MR) is 72.9 cm³/mol. The third kappa shape index (κ3) is 4.62. The molecule has 0 spiro atoms. The highest BCUT2D eigenvalue weighted by molar-refractivity contribution is 4.80. The van der Waals surface area contributed by atoms with Crippen LogP contribution < -0.4 is 0 Å². The Kier molecular flexibility index (Phi) is 5.34. The highest BCUT2D eigenvalue weighted by Crippen LogP contribution is 2.38. The van der Waals surface area contributed by atoms with Crippen LogP contribution in [0.4, 0.5) is 0 Å². The summed E-state index contributed by atoms with van der Waals surface area (Å²) in [5.74, 6) is 2.58. The Morgan fingerprint density at radius 2 is 1.53 bits per heavy atom. The number of aliphatic hydroxyl groups is 1. The molecule has 1 atom stereocenters. The highest BCUT2D eigenvalue weighted by Gasteiger charge is 2.28. The molecule has 1 N–H and O–H groups in total. The van der Waals surface area contributed by atoms with Crippen LogP contribution in [0.25, 0.3) is 0 Å². The number of unbranched alkanes of at least 4 members (excludes halogenated alkanes) is 1. The van der Waals surface area contributed by atoms with Gasteiger partial charge in [0.15, 0.2) is 0 Å². The van der Waals surface area contributed by atoms with E-state index in [9.17, 15) is 5.11 Å². The van der Waals surface area contributed by atoms with Crippen molar-refractivity contribution in [2.45, 2.75) is 83.7 Å². The highest BCUT2D eigenvalue weighted by atomic mass is 16.3. The topological polar surface area (TPSA) is 20.2 Å². The first-order valence-corrected chi connectivity index (χ1v) is 7.97. The van der Waals surface area contributed by atoms with Crippen molar-refractivity contribution in [2.75, 3.05) is 0 Å². The lowest BCUT2D eigenvalue weighted by atomic mass is 9.77. The fraction of sp³-hybridized carbons (Fsp3) is 1.00. The van der Waals surface area contributed by atoms with Crippen LogP contribution in [0.15, 0.2) is 0 Å². The summed E-state index contributed by atoms with van der Waals surface area (Å²) in [6.07, 6.45) is 14.8. The van der Waals surface area contributed by atoms with E-state index in [1.54, 1.807) is 0 Å². The van der Waals surface area contributed by atoms with Crippen molar-refractivity contribution in [3.05, 3.63) is 0 Å². The third-order valence-corrected chi connectivity index (χ3v) is 4.97. The van der Waals surface area contributed by atoms with E-state index in [0.29, 0.717) is 5.92 Å². The maximum atomic E-state index is 10.2. The fourth-order valence-corrected chi connectivity index (χ4v) is 3.40. The van der Waals surface area contributed by atoms with Crippen LogP contribution in [0.2, 0.25) is 0 Å². The van der Waals surface area contributed by atoms with Crippen LogP contribution in [0, 0.1) is 17.8 Å². The minimum Gasteiger partial charge on any atom is -0.393 e. The van der Waals surface area contributed by atoms with Gasteiger partial charge in [0.1, 0.15) is 0 Å². The van der Waals surface area contributed by atoms with E-state index >= 15 is 0 Å². The number of aliphatic hydroxyl groups excluding tert-OH is 1. The maximum Gasteiger partial charge on any atom is 0.0568 e. The summed E-state index contributed by atoms with van der Waals surface area (Å²) in [5.41, 5.74) is 0. The normalized spacial score (nSPS) is 31.4. The van der Waals surface area contributed by atoms with Gasteiger partial charge >= 0.3 is 0 Å². The fourth-order valence-electron chi connectivity index (χ4n) is 3.40. The molecule has 1 heteroatoms. The van der Waals surface area contributed by atoms with E-state index in [1.807, 2.05) is 0 Å². The number of rotatable bonds is 7. The van der Waals surface area contributed by atoms with Gasteiger partial charge < -0.3 is 5.11 Å². The van der Waals surface area contributed by atoms with Gasteiger partial charge in [0, 0.05) is 0 Å². The lowest BCUT2D eigenvalue weighted by Gasteiger charge is -2.31. The molecule has 0 amide bonds. The molecule has 17 heavy (non-hydrogen) atoms. The first-order valence-electron chi connectivity index (χ1n) is 7.97. The van der Waals surface area contributed by atoms with Crippen LogP contribution in [0.3, 0.4) is 0 Å². The molecule has 2 saturated carbocycles. The van der Waals surface area contributed by atoms with Crippen LogP contribution in [-0.2, 0) is 0 Å². The summed E-state index contributed by atoms with van der Waals surface area (Å²) in [6, 6.07) is 0. The van der Waals surface area contributed by atoms with Crippen molar-refractivity contribution in [2.24, 2.45) is 17.8 Å². The molecule has 1 nitrogen and oxygen atoms in total. The molecule has 1 unspecified atom stereocenters. The summed E-state index contributed by atoms with van der Waals surface area (Å²) >= 11 is 0. The Labute approximate surface area is 107 Å². The minimum absolute atomic E-state index is 0.0164. The van der Waals surface area contributed by atoms with Gasteiger partial charge in [-0.2, -0.15) is 0 Å². The van der Waals surface area contributed by atoms with E-state index in [2.05, 4.69) is 6.92 Å². The van der Waals surface area contributed by atoms with Crippen LogP contribution >= 0.6 is 0 Å². The van der Waals surface area contributed by atoms with Crippen LogP contribution in [-0.4, -0.2) is 11.2 Å². The summed E-state index contributed by atoms with van der Waals surface area (Å²) in [7, 11) is 0. The van der Waals surface area contributed by atoms with Gasteiger partial charge in [0.25, 0.3) is 0 Å². The molecule has 0 saturated heterocycles. The average molecular weight is 238 g/mol. The van der Waals surface area contributed by atoms with Crippen molar-refractivity contribution in [3.8, 4) is 0 Å². The molecule has 0 aliphatic heterocycles. The Morgan fingerprint density at radius 1 is 0.941 bits per heavy atom. The van der Waals surface area contributed by atoms with E-state index in [1.165, 1.54) is 64.2 Å². The van der Waals surface area contributed by atoms with Crippen molar-refractivity contribution < 1.29 is 5.11 Å². The SMILES string of the molecule is CCCCC1CCC(C(O)CCC2CC2)CC1. The second-order valence-corrected chi connectivity index (χ2v) is 6.51. The molecule has 2 rings (SSSR count). The van der Waals surface area contributed by atoms with Crippen molar-refractivity contribution in [3.63, 3.8) is 0 Å². The zero-order chi connectivity index (χ0) is 12.1. The Bertz CT molecular complexity index is 202. The molecule has 100 valence electrons. The smallest absolute Gasteiger partial charge is 0.0568 e. The Balaban J connectivity index is 1.59. The van der Waals surface area contributed by atoms with Gasteiger partial charge in [-0.15, -0.1) is 0 Å². The zero-order valence-electron chi connectivity index (χ0n) is 11.5. The van der Waals surface area contributed by atoms with Crippen molar-refractivity contribution >= 4 is 0 Å². The first kappa shape index (κ1) is 13.4. The lowest BCUT2D eigenvalue weighted by Crippen LogP contribution is -2.25. The standard InChI is InChI=1S/C16H30O/c1-2-3-4-13-7-10-15(11-8-13)16(17)12-9-14-5-6-14/h13-17H,2-12H2,1H3. The molecule has 0 heterocycles. The van der Waals surface area contributed by atoms with Crippen molar-refractivity contribution in [1.29, 1.82) is 0 Å². The first-order chi connectivity index (χ1) is 8.29.